The molecule has 0 spiro atoms. The standard InChI is InChI=1S/C19H17FN6O2S/c1-3-26-15(23-24-19(26)29)9-21-17(27)13-8-14(11-4-6-12(20)7-5-11)22-18-16(13)10(2)25-28-18/h4-8H,3,9H2,1-2H3,(H,21,27)(H,24,29). The predicted molar refractivity (Wildman–Crippen MR) is 106 cm³/mol. The van der Waals surface area contributed by atoms with Gasteiger partial charge < -0.3 is 14.4 Å². The molecule has 1 aromatic carbocycles. The third kappa shape index (κ3) is 3.54. The Kier molecular flexibility index (Phi) is 4.93. The van der Waals surface area contributed by atoms with Crippen LogP contribution in [0.15, 0.2) is 34.9 Å². The van der Waals surface area contributed by atoms with Gasteiger partial charge in [0.15, 0.2) is 10.6 Å². The van der Waals surface area contributed by atoms with Gasteiger partial charge in [0.1, 0.15) is 5.82 Å². The summed E-state index contributed by atoms with van der Waals surface area (Å²) in [5.41, 5.74) is 2.30. The van der Waals surface area contributed by atoms with Crippen LogP contribution in [0.1, 0.15) is 28.8 Å². The number of hydrogen-bond donors (Lipinski definition) is 2. The van der Waals surface area contributed by atoms with Crippen LogP contribution in [0, 0.1) is 17.5 Å². The van der Waals surface area contributed by atoms with Gasteiger partial charge in [-0.2, -0.15) is 5.10 Å². The van der Waals surface area contributed by atoms with Crippen molar-refractivity contribution in [1.82, 2.24) is 30.2 Å². The van der Waals surface area contributed by atoms with E-state index >= 15 is 0 Å². The molecule has 0 saturated carbocycles. The minimum absolute atomic E-state index is 0.194. The van der Waals surface area contributed by atoms with Crippen molar-refractivity contribution in [3.63, 3.8) is 0 Å². The third-order valence-corrected chi connectivity index (χ3v) is 4.87. The first-order valence-electron chi connectivity index (χ1n) is 8.93. The van der Waals surface area contributed by atoms with Crippen molar-refractivity contribution >= 4 is 29.2 Å². The van der Waals surface area contributed by atoms with E-state index < -0.39 is 0 Å². The first kappa shape index (κ1) is 18.9. The Morgan fingerprint density at radius 1 is 1.34 bits per heavy atom. The molecule has 1 amide bonds. The number of pyridine rings is 1. The Morgan fingerprint density at radius 2 is 2.10 bits per heavy atom. The predicted octanol–water partition coefficient (Wildman–Crippen LogP) is 3.54. The Labute approximate surface area is 169 Å². The van der Waals surface area contributed by atoms with Gasteiger partial charge in [0.25, 0.3) is 11.6 Å². The van der Waals surface area contributed by atoms with E-state index in [0.29, 0.717) is 45.0 Å². The number of carbonyl (C=O) groups is 1. The van der Waals surface area contributed by atoms with Gasteiger partial charge in [-0.3, -0.25) is 9.89 Å². The maximum atomic E-state index is 13.3. The molecule has 2 N–H and O–H groups in total. The van der Waals surface area contributed by atoms with Crippen LogP contribution in [0.25, 0.3) is 22.4 Å². The van der Waals surface area contributed by atoms with E-state index in [0.717, 1.165) is 0 Å². The molecule has 4 rings (SSSR count). The number of halogens is 1. The minimum Gasteiger partial charge on any atom is -0.345 e. The number of aromatic nitrogens is 5. The number of benzene rings is 1. The van der Waals surface area contributed by atoms with Gasteiger partial charge in [-0.1, -0.05) is 5.16 Å². The molecule has 3 heterocycles. The first-order valence-corrected chi connectivity index (χ1v) is 9.34. The average molecular weight is 412 g/mol. The van der Waals surface area contributed by atoms with Gasteiger partial charge in [0, 0.05) is 12.1 Å². The molecule has 0 aliphatic heterocycles. The van der Waals surface area contributed by atoms with E-state index in [9.17, 15) is 9.18 Å². The second-order valence-corrected chi connectivity index (χ2v) is 6.77. The molecule has 0 bridgehead atoms. The van der Waals surface area contributed by atoms with Gasteiger partial charge in [-0.25, -0.2) is 9.37 Å². The number of fused-ring (bicyclic) bond motifs is 1. The van der Waals surface area contributed by atoms with Crippen LogP contribution in [0.4, 0.5) is 4.39 Å². The molecule has 0 unspecified atom stereocenters. The summed E-state index contributed by atoms with van der Waals surface area (Å²) in [5, 5.41) is 14.2. The van der Waals surface area contributed by atoms with Crippen LogP contribution in [0.5, 0.6) is 0 Å². The van der Waals surface area contributed by atoms with E-state index in [1.165, 1.54) is 12.1 Å². The van der Waals surface area contributed by atoms with E-state index in [1.54, 1.807) is 29.7 Å². The number of aryl methyl sites for hydroxylation is 1. The van der Waals surface area contributed by atoms with Crippen LogP contribution < -0.4 is 5.32 Å². The van der Waals surface area contributed by atoms with Crippen molar-refractivity contribution in [3.05, 3.63) is 58.0 Å². The molecule has 0 aliphatic carbocycles. The van der Waals surface area contributed by atoms with Gasteiger partial charge >= 0.3 is 0 Å². The zero-order valence-corrected chi connectivity index (χ0v) is 16.5. The molecule has 0 saturated heterocycles. The Morgan fingerprint density at radius 3 is 2.83 bits per heavy atom. The lowest BCUT2D eigenvalue weighted by Gasteiger charge is -2.09. The summed E-state index contributed by atoms with van der Waals surface area (Å²) in [6.45, 7) is 4.52. The normalized spacial score (nSPS) is 11.1. The maximum absolute atomic E-state index is 13.3. The number of carbonyl (C=O) groups excluding carboxylic acids is 1. The average Bonchev–Trinajstić information content (AvgIpc) is 3.28. The van der Waals surface area contributed by atoms with E-state index in [1.807, 2.05) is 6.92 Å². The van der Waals surface area contributed by atoms with Crippen LogP contribution >= 0.6 is 12.2 Å². The largest absolute Gasteiger partial charge is 0.345 e. The fraction of sp³-hybridized carbons (Fsp3) is 0.211. The number of hydrogen-bond acceptors (Lipinski definition) is 6. The van der Waals surface area contributed by atoms with E-state index in [-0.39, 0.29) is 24.0 Å². The number of H-pyrrole nitrogens is 1. The third-order valence-electron chi connectivity index (χ3n) is 4.56. The highest BCUT2D eigenvalue weighted by atomic mass is 32.1. The van der Waals surface area contributed by atoms with Gasteiger partial charge in [-0.15, -0.1) is 0 Å². The Balaban J connectivity index is 1.71. The van der Waals surface area contributed by atoms with Crippen LogP contribution in [0.3, 0.4) is 0 Å². The fourth-order valence-electron chi connectivity index (χ4n) is 3.11. The minimum atomic E-state index is -0.354. The van der Waals surface area contributed by atoms with Gasteiger partial charge in [-0.05, 0) is 56.4 Å². The highest BCUT2D eigenvalue weighted by Gasteiger charge is 2.20. The van der Waals surface area contributed by atoms with Crippen molar-refractivity contribution in [3.8, 4) is 11.3 Å². The molecule has 0 fully saturated rings. The summed E-state index contributed by atoms with van der Waals surface area (Å²) < 4.78 is 20.8. The lowest BCUT2D eigenvalue weighted by atomic mass is 10.1. The molecular formula is C19H17FN6O2S. The molecule has 0 aliphatic rings. The summed E-state index contributed by atoms with van der Waals surface area (Å²) in [5.74, 6) is -0.0618. The molecule has 3 aromatic heterocycles. The second kappa shape index (κ2) is 7.55. The second-order valence-electron chi connectivity index (χ2n) is 6.38. The molecule has 10 heteroatoms. The summed E-state index contributed by atoms with van der Waals surface area (Å²) in [7, 11) is 0. The summed E-state index contributed by atoms with van der Waals surface area (Å²) in [4.78, 5) is 17.4. The topological polar surface area (TPSA) is 102 Å². The fourth-order valence-corrected chi connectivity index (χ4v) is 3.39. The van der Waals surface area contributed by atoms with Crippen LogP contribution in [-0.4, -0.2) is 30.8 Å². The number of nitrogens with zero attached hydrogens (tertiary/aromatic N) is 4. The van der Waals surface area contributed by atoms with Crippen LogP contribution in [0.2, 0.25) is 0 Å². The molecular weight excluding hydrogens is 395 g/mol. The summed E-state index contributed by atoms with van der Waals surface area (Å²) in [6.07, 6.45) is 0. The Hall–Kier alpha value is -3.40. The monoisotopic (exact) mass is 412 g/mol. The van der Waals surface area contributed by atoms with Crippen LogP contribution in [-0.2, 0) is 13.1 Å². The van der Waals surface area contributed by atoms with Gasteiger partial charge in [0.2, 0.25) is 0 Å². The zero-order chi connectivity index (χ0) is 20.5. The molecule has 0 atom stereocenters. The Bertz CT molecular complexity index is 1260. The highest BCUT2D eigenvalue weighted by molar-refractivity contribution is 7.71. The number of rotatable bonds is 5. The number of nitrogens with one attached hydrogen (secondary N) is 2. The maximum Gasteiger partial charge on any atom is 0.259 e. The smallest absolute Gasteiger partial charge is 0.259 e. The molecule has 29 heavy (non-hydrogen) atoms. The summed E-state index contributed by atoms with van der Waals surface area (Å²) >= 11 is 5.17. The molecule has 148 valence electrons. The zero-order valence-electron chi connectivity index (χ0n) is 15.7. The highest BCUT2D eigenvalue weighted by Crippen LogP contribution is 2.27. The molecule has 0 radical (unpaired) electrons. The van der Waals surface area contributed by atoms with Crippen molar-refractivity contribution in [2.75, 3.05) is 0 Å². The number of aromatic amines is 1. The van der Waals surface area contributed by atoms with Crippen molar-refractivity contribution in [1.29, 1.82) is 0 Å². The van der Waals surface area contributed by atoms with E-state index in [2.05, 4.69) is 25.7 Å². The van der Waals surface area contributed by atoms with Crippen molar-refractivity contribution in [2.24, 2.45) is 0 Å². The van der Waals surface area contributed by atoms with Crippen molar-refractivity contribution in [2.45, 2.75) is 26.9 Å². The first-order chi connectivity index (χ1) is 14.0. The SMILES string of the molecule is CCn1c(CNC(=O)c2cc(-c3ccc(F)cc3)nc3onc(C)c23)n[nH]c1=S. The quantitative estimate of drug-likeness (QED) is 0.486. The molecule has 8 nitrogen and oxygen atoms in total. The van der Waals surface area contributed by atoms with Crippen molar-refractivity contribution < 1.29 is 13.7 Å². The lowest BCUT2D eigenvalue weighted by Crippen LogP contribution is -2.25. The lowest BCUT2D eigenvalue weighted by molar-refractivity contribution is 0.0951. The summed E-state index contributed by atoms with van der Waals surface area (Å²) in [6, 6.07) is 7.49. The van der Waals surface area contributed by atoms with E-state index in [4.69, 9.17) is 16.7 Å². The molecule has 4 aromatic rings. The number of amides is 1. The van der Waals surface area contributed by atoms with Gasteiger partial charge in [0.05, 0.1) is 28.9 Å².